The molecule has 0 saturated heterocycles. The molecule has 0 bridgehead atoms. The van der Waals surface area contributed by atoms with Crippen molar-refractivity contribution in [2.45, 2.75) is 25.1 Å². The molecule has 90 valence electrons. The summed E-state index contributed by atoms with van der Waals surface area (Å²) in [4.78, 5) is 4.16. The van der Waals surface area contributed by atoms with Gasteiger partial charge in [0.15, 0.2) is 0 Å². The molecular weight excluding hydrogens is 221 g/mol. The maximum absolute atomic E-state index is 11.9. The van der Waals surface area contributed by atoms with Crippen molar-refractivity contribution in [3.05, 3.63) is 11.3 Å². The normalized spacial score (nSPS) is 25.8. The van der Waals surface area contributed by atoms with E-state index in [1.165, 1.54) is 6.21 Å². The third kappa shape index (κ3) is 3.05. The van der Waals surface area contributed by atoms with Gasteiger partial charge in [0.05, 0.1) is 6.10 Å². The number of hydrogen-bond acceptors (Lipinski definition) is 3. The van der Waals surface area contributed by atoms with Crippen molar-refractivity contribution in [3.8, 4) is 0 Å². The van der Waals surface area contributed by atoms with Crippen molar-refractivity contribution in [2.24, 2.45) is 4.99 Å². The third-order valence-corrected chi connectivity index (χ3v) is 2.59. The Labute approximate surface area is 91.4 Å². The number of rotatable bonds is 2. The van der Waals surface area contributed by atoms with Gasteiger partial charge in [0, 0.05) is 37.8 Å². The number of nitrogens with zero attached hydrogens (tertiary/aromatic N) is 1. The molecule has 1 N–H and O–H groups in total. The summed E-state index contributed by atoms with van der Waals surface area (Å²) >= 11 is 0. The summed E-state index contributed by atoms with van der Waals surface area (Å²) in [6.07, 6.45) is -1.97. The Morgan fingerprint density at radius 3 is 3.06 bits per heavy atom. The molecule has 2 heterocycles. The Bertz CT molecular complexity index is 323. The van der Waals surface area contributed by atoms with Gasteiger partial charge in [-0.1, -0.05) is 0 Å². The van der Waals surface area contributed by atoms with E-state index < -0.39 is 18.9 Å². The first-order chi connectivity index (χ1) is 7.54. The molecule has 6 heteroatoms. The number of aliphatic imine (C=N–C) groups is 1. The lowest BCUT2D eigenvalue weighted by Crippen LogP contribution is -2.32. The Hall–Kier alpha value is -0.880. The van der Waals surface area contributed by atoms with Crippen molar-refractivity contribution in [2.75, 3.05) is 19.7 Å². The van der Waals surface area contributed by atoms with Crippen molar-refractivity contribution in [1.82, 2.24) is 5.32 Å². The quantitative estimate of drug-likeness (QED) is 0.788. The molecule has 0 aromatic carbocycles. The molecule has 1 atom stereocenters. The minimum atomic E-state index is -4.27. The number of ether oxygens (including phenoxy) is 1. The molecule has 0 aromatic heterocycles. The second kappa shape index (κ2) is 4.55. The smallest absolute Gasteiger partial charge is 0.363 e. The second-order valence-corrected chi connectivity index (χ2v) is 3.92. The molecule has 0 saturated carbocycles. The number of halogens is 3. The molecule has 2 aliphatic rings. The van der Waals surface area contributed by atoms with Gasteiger partial charge in [-0.3, -0.25) is 4.99 Å². The lowest BCUT2D eigenvalue weighted by atomic mass is 9.99. The Morgan fingerprint density at radius 1 is 1.50 bits per heavy atom. The molecule has 2 aliphatic heterocycles. The summed E-state index contributed by atoms with van der Waals surface area (Å²) in [7, 11) is 0. The summed E-state index contributed by atoms with van der Waals surface area (Å²) < 4.78 is 40.6. The molecule has 2 rings (SSSR count). The minimum absolute atomic E-state index is 0.516. The van der Waals surface area contributed by atoms with E-state index in [0.717, 1.165) is 24.2 Å². The lowest BCUT2D eigenvalue weighted by Gasteiger charge is -2.25. The molecule has 0 radical (unpaired) electrons. The van der Waals surface area contributed by atoms with Gasteiger partial charge < -0.3 is 10.1 Å². The molecule has 1 unspecified atom stereocenters. The minimum Gasteiger partial charge on any atom is -0.363 e. The van der Waals surface area contributed by atoms with Crippen LogP contribution in [0.25, 0.3) is 0 Å². The van der Waals surface area contributed by atoms with Crippen molar-refractivity contribution in [1.29, 1.82) is 0 Å². The largest absolute Gasteiger partial charge is 0.411 e. The van der Waals surface area contributed by atoms with E-state index in [1.807, 2.05) is 0 Å². The fraction of sp³-hybridized carbons (Fsp3) is 0.700. The van der Waals surface area contributed by atoms with Gasteiger partial charge in [-0.05, 0) is 5.57 Å². The molecule has 0 aromatic rings. The number of nitrogens with one attached hydrogen (secondary N) is 1. The van der Waals surface area contributed by atoms with Gasteiger partial charge in [-0.25, -0.2) is 0 Å². The molecule has 0 aliphatic carbocycles. The Kier molecular flexibility index (Phi) is 3.30. The average Bonchev–Trinajstić information content (AvgIpc) is 2.25. The SMILES string of the molecule is FC(F)(F)COC1C=NC2=C(CNCC2)C1. The first kappa shape index (κ1) is 11.6. The maximum atomic E-state index is 11.9. The van der Waals surface area contributed by atoms with Gasteiger partial charge >= 0.3 is 6.18 Å². The van der Waals surface area contributed by atoms with Gasteiger partial charge in [0.2, 0.25) is 0 Å². The zero-order valence-corrected chi connectivity index (χ0v) is 8.68. The van der Waals surface area contributed by atoms with Gasteiger partial charge in [0.25, 0.3) is 0 Å². The standard InChI is InChI=1S/C10H13F3N2O/c11-10(12,13)6-16-8-3-7-4-14-2-1-9(7)15-5-8/h5,8,14H,1-4,6H2. The van der Waals surface area contributed by atoms with E-state index in [-0.39, 0.29) is 0 Å². The summed E-state index contributed by atoms with van der Waals surface area (Å²) in [6, 6.07) is 0. The van der Waals surface area contributed by atoms with E-state index in [4.69, 9.17) is 4.74 Å². The average molecular weight is 234 g/mol. The lowest BCUT2D eigenvalue weighted by molar-refractivity contribution is -0.178. The van der Waals surface area contributed by atoms with E-state index in [1.54, 1.807) is 0 Å². The van der Waals surface area contributed by atoms with Crippen LogP contribution >= 0.6 is 0 Å². The van der Waals surface area contributed by atoms with Crippen molar-refractivity contribution >= 4 is 6.21 Å². The first-order valence-corrected chi connectivity index (χ1v) is 5.19. The highest BCUT2D eigenvalue weighted by atomic mass is 19.4. The fourth-order valence-corrected chi connectivity index (χ4v) is 1.84. The van der Waals surface area contributed by atoms with Gasteiger partial charge in [-0.15, -0.1) is 0 Å². The number of alkyl halides is 3. The summed E-state index contributed by atoms with van der Waals surface area (Å²) in [5.41, 5.74) is 2.08. The van der Waals surface area contributed by atoms with Gasteiger partial charge in [-0.2, -0.15) is 13.2 Å². The zero-order chi connectivity index (χ0) is 11.6. The molecule has 0 spiro atoms. The van der Waals surface area contributed by atoms with Crippen LogP contribution in [0.15, 0.2) is 16.3 Å². The Balaban J connectivity index is 1.88. The van der Waals surface area contributed by atoms with Crippen LogP contribution in [0.4, 0.5) is 13.2 Å². The zero-order valence-electron chi connectivity index (χ0n) is 8.68. The predicted molar refractivity (Wildman–Crippen MR) is 53.4 cm³/mol. The highest BCUT2D eigenvalue weighted by Gasteiger charge is 2.30. The van der Waals surface area contributed by atoms with Crippen LogP contribution < -0.4 is 5.32 Å². The monoisotopic (exact) mass is 234 g/mol. The van der Waals surface area contributed by atoms with Crippen LogP contribution in [-0.2, 0) is 4.74 Å². The molecular formula is C10H13F3N2O. The van der Waals surface area contributed by atoms with Crippen LogP contribution in [-0.4, -0.2) is 38.2 Å². The molecule has 16 heavy (non-hydrogen) atoms. The van der Waals surface area contributed by atoms with E-state index in [2.05, 4.69) is 10.3 Å². The van der Waals surface area contributed by atoms with Crippen LogP contribution in [0.2, 0.25) is 0 Å². The summed E-state index contributed by atoms with van der Waals surface area (Å²) in [6.45, 7) is 0.378. The number of hydrogen-bond donors (Lipinski definition) is 1. The highest BCUT2D eigenvalue weighted by molar-refractivity contribution is 5.67. The van der Waals surface area contributed by atoms with E-state index in [0.29, 0.717) is 13.0 Å². The van der Waals surface area contributed by atoms with Crippen molar-refractivity contribution < 1.29 is 17.9 Å². The third-order valence-electron chi connectivity index (χ3n) is 2.59. The summed E-state index contributed by atoms with van der Waals surface area (Å²) in [5, 5.41) is 3.17. The Morgan fingerprint density at radius 2 is 2.31 bits per heavy atom. The second-order valence-electron chi connectivity index (χ2n) is 3.92. The van der Waals surface area contributed by atoms with Gasteiger partial charge in [0.1, 0.15) is 6.61 Å². The predicted octanol–water partition coefficient (Wildman–Crippen LogP) is 1.66. The highest BCUT2D eigenvalue weighted by Crippen LogP contribution is 2.24. The topological polar surface area (TPSA) is 33.6 Å². The van der Waals surface area contributed by atoms with Crippen LogP contribution in [0, 0.1) is 0 Å². The van der Waals surface area contributed by atoms with Crippen LogP contribution in [0.3, 0.4) is 0 Å². The maximum Gasteiger partial charge on any atom is 0.411 e. The molecule has 3 nitrogen and oxygen atoms in total. The van der Waals surface area contributed by atoms with Crippen LogP contribution in [0.1, 0.15) is 12.8 Å². The summed E-state index contributed by atoms with van der Waals surface area (Å²) in [5.74, 6) is 0. The fourth-order valence-electron chi connectivity index (χ4n) is 1.84. The van der Waals surface area contributed by atoms with Crippen molar-refractivity contribution in [3.63, 3.8) is 0 Å². The first-order valence-electron chi connectivity index (χ1n) is 5.19. The van der Waals surface area contributed by atoms with Crippen LogP contribution in [0.5, 0.6) is 0 Å². The van der Waals surface area contributed by atoms with E-state index >= 15 is 0 Å². The molecule has 0 amide bonds. The van der Waals surface area contributed by atoms with E-state index in [9.17, 15) is 13.2 Å². The molecule has 0 fully saturated rings.